The van der Waals surface area contributed by atoms with E-state index in [1.807, 2.05) is 6.26 Å². The Morgan fingerprint density at radius 2 is 2.25 bits per heavy atom. The minimum absolute atomic E-state index is 0.0383. The molecule has 0 saturated heterocycles. The van der Waals surface area contributed by atoms with Crippen LogP contribution in [-0.4, -0.2) is 32.3 Å². The minimum atomic E-state index is 0.0383. The summed E-state index contributed by atoms with van der Waals surface area (Å²) in [5.74, 6) is 0.0383. The summed E-state index contributed by atoms with van der Waals surface area (Å²) >= 11 is 3.07. The molecule has 6 heteroatoms. The van der Waals surface area contributed by atoms with E-state index < -0.39 is 0 Å². The van der Waals surface area contributed by atoms with Gasteiger partial charge in [-0.3, -0.25) is 4.79 Å². The van der Waals surface area contributed by atoms with Gasteiger partial charge >= 0.3 is 0 Å². The van der Waals surface area contributed by atoms with Crippen LogP contribution in [0.1, 0.15) is 35.9 Å². The molecule has 0 aromatic carbocycles. The van der Waals surface area contributed by atoms with Crippen LogP contribution in [0.15, 0.2) is 4.90 Å². The van der Waals surface area contributed by atoms with Crippen molar-refractivity contribution in [2.75, 3.05) is 37.6 Å². The SMILES string of the molecule is COCCC1(CNc2sc(C(C)=O)c(N)c2SC)CC1. The van der Waals surface area contributed by atoms with Crippen LogP contribution >= 0.6 is 23.1 Å². The second-order valence-corrected chi connectivity index (χ2v) is 7.20. The van der Waals surface area contributed by atoms with Gasteiger partial charge in [-0.05, 0) is 30.9 Å². The Morgan fingerprint density at radius 3 is 2.75 bits per heavy atom. The maximum Gasteiger partial charge on any atom is 0.171 e. The van der Waals surface area contributed by atoms with E-state index in [4.69, 9.17) is 10.5 Å². The van der Waals surface area contributed by atoms with Crippen LogP contribution in [-0.2, 0) is 4.74 Å². The Morgan fingerprint density at radius 1 is 1.55 bits per heavy atom. The monoisotopic (exact) mass is 314 g/mol. The number of hydrogen-bond donors (Lipinski definition) is 2. The highest BCUT2D eigenvalue weighted by Crippen LogP contribution is 2.50. The normalized spacial score (nSPS) is 16.1. The smallest absolute Gasteiger partial charge is 0.171 e. The molecule has 1 aromatic rings. The summed E-state index contributed by atoms with van der Waals surface area (Å²) in [4.78, 5) is 13.2. The van der Waals surface area contributed by atoms with E-state index in [9.17, 15) is 4.79 Å². The molecule has 3 N–H and O–H groups in total. The van der Waals surface area contributed by atoms with Crippen molar-refractivity contribution < 1.29 is 9.53 Å². The molecule has 1 aliphatic carbocycles. The molecule has 1 aliphatic rings. The van der Waals surface area contributed by atoms with Crippen molar-refractivity contribution in [1.29, 1.82) is 0 Å². The first-order valence-electron chi connectivity index (χ1n) is 6.73. The molecule has 0 radical (unpaired) electrons. The van der Waals surface area contributed by atoms with Crippen molar-refractivity contribution in [3.63, 3.8) is 0 Å². The number of thioether (sulfide) groups is 1. The standard InChI is InChI=1S/C14H22N2O2S2/c1-9(17)11-10(15)12(19-3)13(20-11)16-8-14(4-5-14)6-7-18-2/h16H,4-8,15H2,1-3H3. The second-order valence-electron chi connectivity index (χ2n) is 5.36. The zero-order chi connectivity index (χ0) is 14.8. The highest BCUT2D eigenvalue weighted by Gasteiger charge is 2.42. The highest BCUT2D eigenvalue weighted by molar-refractivity contribution is 7.99. The van der Waals surface area contributed by atoms with Crippen LogP contribution < -0.4 is 11.1 Å². The van der Waals surface area contributed by atoms with Crippen molar-refractivity contribution in [3.8, 4) is 0 Å². The summed E-state index contributed by atoms with van der Waals surface area (Å²) in [6, 6.07) is 0. The number of ketones is 1. The highest BCUT2D eigenvalue weighted by atomic mass is 32.2. The Balaban J connectivity index is 2.06. The lowest BCUT2D eigenvalue weighted by Crippen LogP contribution is -2.17. The molecule has 0 aliphatic heterocycles. The van der Waals surface area contributed by atoms with E-state index in [1.54, 1.807) is 25.8 Å². The molecule has 1 fully saturated rings. The van der Waals surface area contributed by atoms with Gasteiger partial charge in [0.25, 0.3) is 0 Å². The van der Waals surface area contributed by atoms with Gasteiger partial charge in [-0.15, -0.1) is 23.1 Å². The molecule has 1 aromatic heterocycles. The van der Waals surface area contributed by atoms with E-state index in [0.717, 1.165) is 29.5 Å². The van der Waals surface area contributed by atoms with Crippen LogP contribution in [0.4, 0.5) is 10.7 Å². The maximum atomic E-state index is 11.6. The molecule has 20 heavy (non-hydrogen) atoms. The zero-order valence-electron chi connectivity index (χ0n) is 12.2. The molecular formula is C14H22N2O2S2. The first-order chi connectivity index (χ1) is 9.53. The summed E-state index contributed by atoms with van der Waals surface area (Å²) < 4.78 is 5.18. The molecule has 1 heterocycles. The maximum absolute atomic E-state index is 11.6. The summed E-state index contributed by atoms with van der Waals surface area (Å²) in [6.07, 6.45) is 5.58. The summed E-state index contributed by atoms with van der Waals surface area (Å²) in [5.41, 5.74) is 7.06. The number of methoxy groups -OCH3 is 1. The lowest BCUT2D eigenvalue weighted by Gasteiger charge is -2.16. The molecular weight excluding hydrogens is 292 g/mol. The number of hydrogen-bond acceptors (Lipinski definition) is 6. The van der Waals surface area contributed by atoms with Crippen molar-refractivity contribution in [2.24, 2.45) is 5.41 Å². The second kappa shape index (κ2) is 6.37. The van der Waals surface area contributed by atoms with Crippen molar-refractivity contribution in [3.05, 3.63) is 4.88 Å². The summed E-state index contributed by atoms with van der Waals surface area (Å²) in [5, 5.41) is 4.53. The molecule has 0 atom stereocenters. The third-order valence-electron chi connectivity index (χ3n) is 3.84. The third kappa shape index (κ3) is 3.30. The van der Waals surface area contributed by atoms with Gasteiger partial charge in [-0.25, -0.2) is 0 Å². The molecule has 0 unspecified atom stereocenters. The van der Waals surface area contributed by atoms with Crippen molar-refractivity contribution in [1.82, 2.24) is 0 Å². The largest absolute Gasteiger partial charge is 0.396 e. The van der Waals surface area contributed by atoms with Gasteiger partial charge in [0.05, 0.1) is 15.5 Å². The molecule has 1 saturated carbocycles. The summed E-state index contributed by atoms with van der Waals surface area (Å²) in [6.45, 7) is 3.31. The van der Waals surface area contributed by atoms with E-state index in [2.05, 4.69) is 5.32 Å². The number of thiophene rings is 1. The molecule has 4 nitrogen and oxygen atoms in total. The number of Topliss-reactive ketones (excluding diaryl/α,β-unsaturated/α-hetero) is 1. The third-order valence-corrected chi connectivity index (χ3v) is 6.07. The molecule has 0 bridgehead atoms. The Hall–Kier alpha value is -0.720. The Bertz CT molecular complexity index is 496. The van der Waals surface area contributed by atoms with Gasteiger partial charge in [-0.2, -0.15) is 0 Å². The lowest BCUT2D eigenvalue weighted by atomic mass is 10.0. The van der Waals surface area contributed by atoms with Crippen LogP contribution in [0.2, 0.25) is 0 Å². The molecule has 0 amide bonds. The fraction of sp³-hybridized carbons (Fsp3) is 0.643. The van der Waals surface area contributed by atoms with E-state index >= 15 is 0 Å². The van der Waals surface area contributed by atoms with Crippen LogP contribution in [0, 0.1) is 5.41 Å². The van der Waals surface area contributed by atoms with Gasteiger partial charge in [0.2, 0.25) is 0 Å². The topological polar surface area (TPSA) is 64.3 Å². The quantitative estimate of drug-likeness (QED) is 0.568. The number of nitrogen functional groups attached to an aromatic ring is 1. The number of nitrogens with two attached hydrogens (primary N) is 1. The number of anilines is 2. The molecule has 0 spiro atoms. The zero-order valence-corrected chi connectivity index (χ0v) is 13.9. The van der Waals surface area contributed by atoms with Crippen molar-refractivity contribution in [2.45, 2.75) is 31.1 Å². The van der Waals surface area contributed by atoms with Gasteiger partial charge in [-0.1, -0.05) is 0 Å². The average molecular weight is 314 g/mol. The molecule has 2 rings (SSSR count). The van der Waals surface area contributed by atoms with Crippen LogP contribution in [0.5, 0.6) is 0 Å². The fourth-order valence-corrected chi connectivity index (χ4v) is 4.21. The summed E-state index contributed by atoms with van der Waals surface area (Å²) in [7, 11) is 1.74. The van der Waals surface area contributed by atoms with Gasteiger partial charge in [0.1, 0.15) is 5.00 Å². The predicted molar refractivity (Wildman–Crippen MR) is 87.2 cm³/mol. The van der Waals surface area contributed by atoms with Gasteiger partial charge in [0, 0.05) is 27.2 Å². The van der Waals surface area contributed by atoms with Crippen LogP contribution in [0.3, 0.4) is 0 Å². The average Bonchev–Trinajstić information content (AvgIpc) is 3.12. The predicted octanol–water partition coefficient (Wildman–Crippen LogP) is 3.48. The van der Waals surface area contributed by atoms with Gasteiger partial charge < -0.3 is 15.8 Å². The van der Waals surface area contributed by atoms with E-state index in [1.165, 1.54) is 24.2 Å². The van der Waals surface area contributed by atoms with E-state index in [-0.39, 0.29) is 5.78 Å². The van der Waals surface area contributed by atoms with E-state index in [0.29, 0.717) is 16.0 Å². The Labute approximate surface area is 128 Å². The number of rotatable bonds is 8. The number of nitrogens with one attached hydrogen (secondary N) is 1. The minimum Gasteiger partial charge on any atom is -0.396 e. The first-order valence-corrected chi connectivity index (χ1v) is 8.77. The van der Waals surface area contributed by atoms with Gasteiger partial charge in [0.15, 0.2) is 5.78 Å². The Kier molecular flexibility index (Phi) is 4.99. The molecule has 112 valence electrons. The number of ether oxygens (including phenoxy) is 1. The lowest BCUT2D eigenvalue weighted by molar-refractivity contribution is 0.102. The fourth-order valence-electron chi connectivity index (χ4n) is 2.29. The number of carbonyl (C=O) groups excluding carboxylic acids is 1. The first kappa shape index (κ1) is 15.7. The number of carbonyl (C=O) groups is 1. The van der Waals surface area contributed by atoms with Crippen LogP contribution in [0.25, 0.3) is 0 Å². The van der Waals surface area contributed by atoms with Crippen molar-refractivity contribution >= 4 is 39.6 Å².